The van der Waals surface area contributed by atoms with Gasteiger partial charge in [-0.2, -0.15) is 0 Å². The zero-order chi connectivity index (χ0) is 13.1. The van der Waals surface area contributed by atoms with Crippen LogP contribution in [0.3, 0.4) is 0 Å². The van der Waals surface area contributed by atoms with Gasteiger partial charge < -0.3 is 5.73 Å². The topological polar surface area (TPSA) is 72.2 Å². The van der Waals surface area contributed by atoms with Crippen LogP contribution in [-0.4, -0.2) is 21.5 Å². The molecule has 0 aliphatic rings. The third-order valence-electron chi connectivity index (χ3n) is 2.18. The Hall–Kier alpha value is -0.690. The summed E-state index contributed by atoms with van der Waals surface area (Å²) in [7, 11) is -3.71. The Bertz CT molecular complexity index is 505. The fourth-order valence-corrected chi connectivity index (χ4v) is 2.89. The van der Waals surface area contributed by atoms with E-state index >= 15 is 0 Å². The van der Waals surface area contributed by atoms with Crippen LogP contribution in [-0.2, 0) is 10.0 Å². The van der Waals surface area contributed by atoms with Gasteiger partial charge in [0, 0.05) is 6.54 Å². The molecule has 96 valence electrons. The van der Waals surface area contributed by atoms with E-state index in [1.807, 2.05) is 0 Å². The molecule has 1 aromatic rings. The van der Waals surface area contributed by atoms with E-state index in [9.17, 15) is 12.8 Å². The van der Waals surface area contributed by atoms with Crippen LogP contribution in [0.15, 0.2) is 17.0 Å². The summed E-state index contributed by atoms with van der Waals surface area (Å²) in [6, 6.07) is 2.21. The van der Waals surface area contributed by atoms with E-state index in [4.69, 9.17) is 17.3 Å². The minimum Gasteiger partial charge on any atom is -0.330 e. The van der Waals surface area contributed by atoms with E-state index in [0.717, 1.165) is 6.07 Å². The van der Waals surface area contributed by atoms with Crippen molar-refractivity contribution in [3.63, 3.8) is 0 Å². The van der Waals surface area contributed by atoms with Crippen LogP contribution in [0.2, 0.25) is 5.02 Å². The van der Waals surface area contributed by atoms with Crippen LogP contribution in [0.5, 0.6) is 0 Å². The van der Waals surface area contributed by atoms with Gasteiger partial charge in [-0.1, -0.05) is 11.6 Å². The molecule has 0 saturated carbocycles. The molecule has 0 fully saturated rings. The molecule has 0 aliphatic heterocycles. The predicted molar refractivity (Wildman–Crippen MR) is 65.0 cm³/mol. The molecule has 0 aromatic heterocycles. The first kappa shape index (κ1) is 14.4. The minimum absolute atomic E-state index is 0.116. The Labute approximate surface area is 105 Å². The summed E-state index contributed by atoms with van der Waals surface area (Å²) in [6.07, 6.45) is 0.525. The number of nitrogens with one attached hydrogen (secondary N) is 1. The standard InChI is InChI=1S/C10H14ClFN2O2S/c1-7-5-10(8(11)6-9(7)12)17(15,16)14-4-2-3-13/h5-6,14H,2-4,13H2,1H3. The second kappa shape index (κ2) is 5.77. The number of benzene rings is 1. The van der Waals surface area contributed by atoms with E-state index in [0.29, 0.717) is 13.0 Å². The number of rotatable bonds is 5. The van der Waals surface area contributed by atoms with Gasteiger partial charge in [0.05, 0.1) is 5.02 Å². The summed E-state index contributed by atoms with van der Waals surface area (Å²) in [6.45, 7) is 2.09. The SMILES string of the molecule is Cc1cc(S(=O)(=O)NCCCN)c(Cl)cc1F. The zero-order valence-corrected chi connectivity index (χ0v) is 10.9. The van der Waals surface area contributed by atoms with Gasteiger partial charge in [0.15, 0.2) is 0 Å². The number of sulfonamides is 1. The molecule has 0 unspecified atom stereocenters. The maximum Gasteiger partial charge on any atom is 0.242 e. The van der Waals surface area contributed by atoms with Crippen LogP contribution in [0, 0.1) is 12.7 Å². The Morgan fingerprint density at radius 1 is 1.47 bits per heavy atom. The minimum atomic E-state index is -3.71. The quantitative estimate of drug-likeness (QED) is 0.801. The molecule has 0 amide bonds. The highest BCUT2D eigenvalue weighted by Crippen LogP contribution is 2.24. The maximum atomic E-state index is 13.1. The highest BCUT2D eigenvalue weighted by Gasteiger charge is 2.18. The fraction of sp³-hybridized carbons (Fsp3) is 0.400. The molecule has 0 atom stereocenters. The van der Waals surface area contributed by atoms with Gasteiger partial charge in [0.1, 0.15) is 10.7 Å². The summed E-state index contributed by atoms with van der Waals surface area (Å²) in [5.41, 5.74) is 5.49. The molecule has 1 rings (SSSR count). The Morgan fingerprint density at radius 2 is 2.12 bits per heavy atom. The molecule has 4 nitrogen and oxygen atoms in total. The first-order valence-corrected chi connectivity index (χ1v) is 6.90. The first-order valence-electron chi connectivity index (χ1n) is 5.04. The van der Waals surface area contributed by atoms with E-state index in [1.165, 1.54) is 13.0 Å². The summed E-state index contributed by atoms with van der Waals surface area (Å²) < 4.78 is 39.2. The van der Waals surface area contributed by atoms with Crippen molar-refractivity contribution in [2.45, 2.75) is 18.2 Å². The molecule has 17 heavy (non-hydrogen) atoms. The van der Waals surface area contributed by atoms with Crippen molar-refractivity contribution in [3.8, 4) is 0 Å². The number of halogens is 2. The van der Waals surface area contributed by atoms with Gasteiger partial charge in [0.25, 0.3) is 0 Å². The lowest BCUT2D eigenvalue weighted by atomic mass is 10.2. The maximum absolute atomic E-state index is 13.1. The van der Waals surface area contributed by atoms with Gasteiger partial charge >= 0.3 is 0 Å². The molecule has 0 aliphatic carbocycles. The van der Waals surface area contributed by atoms with Gasteiger partial charge in [-0.05, 0) is 37.6 Å². The molecule has 7 heteroatoms. The molecule has 0 heterocycles. The Kier molecular flexibility index (Phi) is 4.88. The lowest BCUT2D eigenvalue weighted by Crippen LogP contribution is -2.26. The van der Waals surface area contributed by atoms with Crippen LogP contribution in [0.25, 0.3) is 0 Å². The number of hydrogen-bond donors (Lipinski definition) is 2. The van der Waals surface area contributed by atoms with Crippen molar-refractivity contribution in [3.05, 3.63) is 28.5 Å². The van der Waals surface area contributed by atoms with Crippen LogP contribution in [0.4, 0.5) is 4.39 Å². The first-order chi connectivity index (χ1) is 7.88. The average molecular weight is 281 g/mol. The fourth-order valence-electron chi connectivity index (χ4n) is 1.22. The zero-order valence-electron chi connectivity index (χ0n) is 9.33. The largest absolute Gasteiger partial charge is 0.330 e. The molecule has 3 N–H and O–H groups in total. The summed E-state index contributed by atoms with van der Waals surface area (Å²) in [5, 5.41) is -0.131. The predicted octanol–water partition coefficient (Wildman–Crippen LogP) is 1.41. The third kappa shape index (κ3) is 3.64. The molecule has 0 saturated heterocycles. The molecule has 1 aromatic carbocycles. The van der Waals surface area contributed by atoms with Gasteiger partial charge in [0.2, 0.25) is 10.0 Å². The summed E-state index contributed by atoms with van der Waals surface area (Å²) in [5.74, 6) is -0.532. The molecule has 0 spiro atoms. The van der Waals surface area contributed by atoms with E-state index in [-0.39, 0.29) is 22.0 Å². The van der Waals surface area contributed by atoms with Crippen molar-refractivity contribution in [1.82, 2.24) is 4.72 Å². The number of nitrogens with two attached hydrogens (primary N) is 1. The lowest BCUT2D eigenvalue weighted by Gasteiger charge is -2.09. The van der Waals surface area contributed by atoms with Gasteiger partial charge in [-0.25, -0.2) is 17.5 Å². The highest BCUT2D eigenvalue weighted by atomic mass is 35.5. The lowest BCUT2D eigenvalue weighted by molar-refractivity contribution is 0.578. The molecular formula is C10H14ClFN2O2S. The van der Waals surface area contributed by atoms with Crippen LogP contribution < -0.4 is 10.5 Å². The molecular weight excluding hydrogens is 267 g/mol. The van der Waals surface area contributed by atoms with E-state index in [2.05, 4.69) is 4.72 Å². The second-order valence-corrected chi connectivity index (χ2v) is 5.71. The second-order valence-electron chi connectivity index (χ2n) is 3.57. The molecule has 0 radical (unpaired) electrons. The normalized spacial score (nSPS) is 11.8. The Balaban J connectivity index is 3.03. The number of hydrogen-bond acceptors (Lipinski definition) is 3. The van der Waals surface area contributed by atoms with Gasteiger partial charge in [-0.15, -0.1) is 0 Å². The Morgan fingerprint density at radius 3 is 2.71 bits per heavy atom. The van der Waals surface area contributed by atoms with Crippen molar-refractivity contribution >= 4 is 21.6 Å². The summed E-state index contributed by atoms with van der Waals surface area (Å²) >= 11 is 5.71. The third-order valence-corrected chi connectivity index (χ3v) is 4.10. The highest BCUT2D eigenvalue weighted by molar-refractivity contribution is 7.89. The van der Waals surface area contributed by atoms with Crippen molar-refractivity contribution < 1.29 is 12.8 Å². The van der Waals surface area contributed by atoms with Crippen LogP contribution in [0.1, 0.15) is 12.0 Å². The average Bonchev–Trinajstić information content (AvgIpc) is 2.23. The van der Waals surface area contributed by atoms with E-state index < -0.39 is 15.8 Å². The van der Waals surface area contributed by atoms with Crippen molar-refractivity contribution in [1.29, 1.82) is 0 Å². The molecule has 0 bridgehead atoms. The van der Waals surface area contributed by atoms with Gasteiger partial charge in [-0.3, -0.25) is 0 Å². The summed E-state index contributed by atoms with van der Waals surface area (Å²) in [4.78, 5) is -0.116. The van der Waals surface area contributed by atoms with Crippen LogP contribution >= 0.6 is 11.6 Å². The number of aryl methyl sites for hydroxylation is 1. The smallest absolute Gasteiger partial charge is 0.242 e. The van der Waals surface area contributed by atoms with Crippen molar-refractivity contribution in [2.24, 2.45) is 5.73 Å². The van der Waals surface area contributed by atoms with E-state index in [1.54, 1.807) is 0 Å². The van der Waals surface area contributed by atoms with Crippen molar-refractivity contribution in [2.75, 3.05) is 13.1 Å². The monoisotopic (exact) mass is 280 g/mol.